The number of likely N-dealkylation sites (N-methyl/N-ethyl adjacent to an activating group) is 1. The van der Waals surface area contributed by atoms with E-state index in [1.54, 1.807) is 24.9 Å². The Balaban J connectivity index is 1.74. The van der Waals surface area contributed by atoms with Crippen molar-refractivity contribution in [2.45, 2.75) is 36.1 Å². The number of amides is 2. The van der Waals surface area contributed by atoms with E-state index in [2.05, 4.69) is 22.0 Å². The van der Waals surface area contributed by atoms with Crippen molar-refractivity contribution in [1.82, 2.24) is 9.80 Å². The van der Waals surface area contributed by atoms with Crippen molar-refractivity contribution in [3.63, 3.8) is 0 Å². The molecule has 5 heterocycles. The number of halogens is 1. The first-order chi connectivity index (χ1) is 13.2. The van der Waals surface area contributed by atoms with Crippen molar-refractivity contribution >= 4 is 49.3 Å². The highest BCUT2D eigenvalue weighted by Gasteiger charge is 2.75. The van der Waals surface area contributed by atoms with Crippen molar-refractivity contribution in [1.29, 1.82) is 5.26 Å². The fourth-order valence-electron chi connectivity index (χ4n) is 4.53. The SMILES string of the molecule is CN1C(=O)C23CC(C)(C#N)C(c4cc5c(cc4Br)OCO5)N2C(=O)C1(C)SS3. The van der Waals surface area contributed by atoms with E-state index in [0.29, 0.717) is 11.5 Å². The first-order valence-electron chi connectivity index (χ1n) is 8.67. The first kappa shape index (κ1) is 18.5. The minimum absolute atomic E-state index is 0.126. The maximum atomic E-state index is 13.6. The number of ether oxygens (including phenoxy) is 2. The number of carbonyl (C=O) groups is 2. The van der Waals surface area contributed by atoms with E-state index < -0.39 is 21.2 Å². The Bertz CT molecular complexity index is 1000. The molecule has 0 aromatic heterocycles. The van der Waals surface area contributed by atoms with E-state index in [1.807, 2.05) is 13.0 Å². The lowest BCUT2D eigenvalue weighted by molar-refractivity contribution is -0.164. The standard InChI is InChI=1S/C18H16BrN3O4S2/c1-16(7-20)6-18-15(24)21(3)17(2,27-28-18)14(23)22(18)13(16)9-4-11-12(5-10(9)19)26-8-25-11/h4-5,13H,6,8H2,1-3H3. The summed E-state index contributed by atoms with van der Waals surface area (Å²) >= 11 is 3.58. The number of piperazine rings is 1. The number of hydrogen-bond donors (Lipinski definition) is 0. The Labute approximate surface area is 178 Å². The van der Waals surface area contributed by atoms with E-state index in [9.17, 15) is 14.9 Å². The Morgan fingerprint density at radius 3 is 2.57 bits per heavy atom. The lowest BCUT2D eigenvalue weighted by atomic mass is 9.79. The molecule has 0 N–H and O–H groups in total. The van der Waals surface area contributed by atoms with Gasteiger partial charge in [0, 0.05) is 17.9 Å². The van der Waals surface area contributed by atoms with Gasteiger partial charge in [-0.25, -0.2) is 0 Å². The Morgan fingerprint density at radius 1 is 1.21 bits per heavy atom. The van der Waals surface area contributed by atoms with Gasteiger partial charge in [0.1, 0.15) is 0 Å². The van der Waals surface area contributed by atoms with Crippen LogP contribution in [0.25, 0.3) is 0 Å². The average Bonchev–Trinajstić information content (AvgIpc) is 3.22. The quantitative estimate of drug-likeness (QED) is 0.569. The lowest BCUT2D eigenvalue weighted by Crippen LogP contribution is -2.73. The zero-order valence-electron chi connectivity index (χ0n) is 15.3. The third-order valence-corrected chi connectivity index (χ3v) is 10.5. The molecule has 5 aliphatic heterocycles. The van der Waals surface area contributed by atoms with Crippen molar-refractivity contribution < 1.29 is 19.1 Å². The molecule has 2 bridgehead atoms. The van der Waals surface area contributed by atoms with Crippen molar-refractivity contribution in [3.05, 3.63) is 22.2 Å². The lowest BCUT2D eigenvalue weighted by Gasteiger charge is -2.57. The number of benzene rings is 1. The van der Waals surface area contributed by atoms with Crippen molar-refractivity contribution in [2.24, 2.45) is 5.41 Å². The number of nitriles is 1. The third kappa shape index (κ3) is 1.97. The Kier molecular flexibility index (Phi) is 3.64. The van der Waals surface area contributed by atoms with Crippen LogP contribution >= 0.6 is 37.5 Å². The number of hydrogen-bond acceptors (Lipinski definition) is 7. The molecule has 0 saturated carbocycles. The fourth-order valence-corrected chi connectivity index (χ4v) is 8.65. The fraction of sp³-hybridized carbons (Fsp3) is 0.500. The van der Waals surface area contributed by atoms with Crippen molar-refractivity contribution in [2.75, 3.05) is 13.8 Å². The molecule has 4 unspecified atom stereocenters. The van der Waals surface area contributed by atoms with Gasteiger partial charge < -0.3 is 19.3 Å². The molecule has 28 heavy (non-hydrogen) atoms. The normalized spacial score (nSPS) is 38.0. The van der Waals surface area contributed by atoms with Crippen LogP contribution in [0.2, 0.25) is 0 Å². The second-order valence-electron chi connectivity index (χ2n) is 7.81. The number of carbonyl (C=O) groups excluding carboxylic acids is 2. The van der Waals surface area contributed by atoms with Gasteiger partial charge in [-0.3, -0.25) is 9.59 Å². The molecule has 0 aliphatic carbocycles. The van der Waals surface area contributed by atoms with Crippen LogP contribution in [0.5, 0.6) is 11.5 Å². The molecule has 146 valence electrons. The number of fused-ring (bicyclic) bond motifs is 3. The molecule has 4 atom stereocenters. The molecule has 4 fully saturated rings. The summed E-state index contributed by atoms with van der Waals surface area (Å²) in [4.78, 5) is 28.0. The topological polar surface area (TPSA) is 82.9 Å². The second-order valence-corrected chi connectivity index (χ2v) is 11.5. The minimum atomic E-state index is -1.08. The third-order valence-electron chi connectivity index (χ3n) is 6.14. The highest BCUT2D eigenvalue weighted by Crippen LogP contribution is 2.69. The highest BCUT2D eigenvalue weighted by atomic mass is 79.9. The molecule has 0 radical (unpaired) electrons. The summed E-state index contributed by atoms with van der Waals surface area (Å²) in [6.45, 7) is 3.72. The van der Waals surface area contributed by atoms with Crippen LogP contribution in [-0.2, 0) is 9.59 Å². The van der Waals surface area contributed by atoms with Crippen LogP contribution < -0.4 is 9.47 Å². The Morgan fingerprint density at radius 2 is 1.89 bits per heavy atom. The molecule has 2 amide bonds. The summed E-state index contributed by atoms with van der Waals surface area (Å²) < 4.78 is 11.7. The van der Waals surface area contributed by atoms with Crippen LogP contribution in [-0.4, -0.2) is 45.2 Å². The summed E-state index contributed by atoms with van der Waals surface area (Å²) in [6, 6.07) is 5.43. The molecule has 7 nitrogen and oxygen atoms in total. The maximum absolute atomic E-state index is 13.6. The van der Waals surface area contributed by atoms with Crippen LogP contribution in [0.15, 0.2) is 16.6 Å². The second kappa shape index (κ2) is 5.52. The molecular weight excluding hydrogens is 466 g/mol. The predicted octanol–water partition coefficient (Wildman–Crippen LogP) is 3.26. The summed E-state index contributed by atoms with van der Waals surface area (Å²) in [6.07, 6.45) is 0.269. The van der Waals surface area contributed by atoms with E-state index in [1.165, 1.54) is 26.5 Å². The van der Waals surface area contributed by atoms with Gasteiger partial charge in [0.25, 0.3) is 11.8 Å². The zero-order chi connectivity index (χ0) is 20.1. The molecular formula is C18H16BrN3O4S2. The first-order valence-corrected chi connectivity index (χ1v) is 11.6. The predicted molar refractivity (Wildman–Crippen MR) is 107 cm³/mol. The molecule has 10 heteroatoms. The van der Waals surface area contributed by atoms with Crippen LogP contribution in [0.1, 0.15) is 31.9 Å². The zero-order valence-corrected chi connectivity index (χ0v) is 18.5. The smallest absolute Gasteiger partial charge is 0.261 e. The average molecular weight is 482 g/mol. The number of nitrogens with zero attached hydrogens (tertiary/aromatic N) is 3. The van der Waals surface area contributed by atoms with Gasteiger partial charge in [0.15, 0.2) is 21.2 Å². The van der Waals surface area contributed by atoms with E-state index in [0.717, 1.165) is 10.0 Å². The van der Waals surface area contributed by atoms with Gasteiger partial charge in [-0.15, -0.1) is 0 Å². The molecule has 1 aromatic rings. The van der Waals surface area contributed by atoms with Gasteiger partial charge in [0.05, 0.1) is 17.5 Å². The van der Waals surface area contributed by atoms with Crippen LogP contribution in [0.4, 0.5) is 0 Å². The van der Waals surface area contributed by atoms with Gasteiger partial charge >= 0.3 is 0 Å². The summed E-state index contributed by atoms with van der Waals surface area (Å²) in [5.41, 5.74) is -0.193. The summed E-state index contributed by atoms with van der Waals surface area (Å²) in [5, 5.41) is 10.1. The van der Waals surface area contributed by atoms with Gasteiger partial charge in [-0.05, 0) is 31.5 Å². The van der Waals surface area contributed by atoms with Crippen molar-refractivity contribution in [3.8, 4) is 17.6 Å². The minimum Gasteiger partial charge on any atom is -0.454 e. The molecule has 5 aliphatic rings. The molecule has 1 aromatic carbocycles. The largest absolute Gasteiger partial charge is 0.454 e. The Hall–Kier alpha value is -1.57. The summed E-state index contributed by atoms with van der Waals surface area (Å²) in [5.74, 6) is 0.915. The monoisotopic (exact) mass is 481 g/mol. The van der Waals surface area contributed by atoms with E-state index in [4.69, 9.17) is 9.47 Å². The molecule has 1 spiro atoms. The summed E-state index contributed by atoms with van der Waals surface area (Å²) in [7, 11) is 4.47. The van der Waals surface area contributed by atoms with Crippen LogP contribution in [0.3, 0.4) is 0 Å². The highest BCUT2D eigenvalue weighted by molar-refractivity contribution is 9.10. The molecule has 6 rings (SSSR count). The van der Waals surface area contributed by atoms with Gasteiger partial charge in [-0.2, -0.15) is 5.26 Å². The van der Waals surface area contributed by atoms with E-state index in [-0.39, 0.29) is 25.0 Å². The van der Waals surface area contributed by atoms with E-state index >= 15 is 0 Å². The maximum Gasteiger partial charge on any atom is 0.261 e. The van der Waals surface area contributed by atoms with Crippen LogP contribution in [0, 0.1) is 16.7 Å². The number of rotatable bonds is 1. The van der Waals surface area contributed by atoms with Gasteiger partial charge in [-0.1, -0.05) is 37.5 Å². The molecule has 4 saturated heterocycles. The van der Waals surface area contributed by atoms with Gasteiger partial charge in [0.2, 0.25) is 6.79 Å².